The first-order chi connectivity index (χ1) is 6.42. The van der Waals surface area contributed by atoms with Gasteiger partial charge in [-0.15, -0.1) is 0 Å². The van der Waals surface area contributed by atoms with E-state index >= 15 is 0 Å². The minimum atomic E-state index is -3.52. The van der Waals surface area contributed by atoms with E-state index in [9.17, 15) is 8.42 Å². The van der Waals surface area contributed by atoms with Crippen LogP contribution in [0.25, 0.3) is 0 Å². The Morgan fingerprint density at radius 3 is 2.71 bits per heavy atom. The van der Waals surface area contributed by atoms with Crippen molar-refractivity contribution in [2.24, 2.45) is 0 Å². The standard InChI is InChI=1S/C7H9ClN3O2S/c1-11(2)14(12,13)10-7-5-3-4-6(8)9-7/h3,5H,1-2H3,(H,9,10). The molecule has 14 heavy (non-hydrogen) atoms. The van der Waals surface area contributed by atoms with E-state index in [1.807, 2.05) is 0 Å². The largest absolute Gasteiger partial charge is 0.302 e. The molecule has 0 unspecified atom stereocenters. The molecule has 0 spiro atoms. The summed E-state index contributed by atoms with van der Waals surface area (Å²) in [5.74, 6) is 0.169. The van der Waals surface area contributed by atoms with Gasteiger partial charge in [0, 0.05) is 20.2 Å². The smallest absolute Gasteiger partial charge is 0.254 e. The Bertz CT molecular complexity index is 419. The molecule has 1 radical (unpaired) electrons. The predicted octanol–water partition coefficient (Wildman–Crippen LogP) is 0.753. The first-order valence-electron chi connectivity index (χ1n) is 3.66. The lowest BCUT2D eigenvalue weighted by molar-refractivity contribution is 0.526. The van der Waals surface area contributed by atoms with Crippen molar-refractivity contribution in [3.63, 3.8) is 0 Å². The molecular formula is C7H9ClN3O2S. The van der Waals surface area contributed by atoms with Gasteiger partial charge in [-0.2, -0.15) is 12.7 Å². The van der Waals surface area contributed by atoms with Crippen molar-refractivity contribution in [2.45, 2.75) is 0 Å². The zero-order valence-electron chi connectivity index (χ0n) is 7.65. The zero-order chi connectivity index (χ0) is 10.8. The molecule has 1 aromatic heterocycles. The van der Waals surface area contributed by atoms with E-state index in [-0.39, 0.29) is 11.0 Å². The average Bonchev–Trinajstić information content (AvgIpc) is 2.02. The monoisotopic (exact) mass is 234 g/mol. The molecule has 7 heteroatoms. The third kappa shape index (κ3) is 2.83. The molecule has 77 valence electrons. The van der Waals surface area contributed by atoms with Crippen LogP contribution in [0.5, 0.6) is 0 Å². The highest BCUT2D eigenvalue weighted by Crippen LogP contribution is 2.10. The van der Waals surface area contributed by atoms with Gasteiger partial charge in [0.25, 0.3) is 0 Å². The summed E-state index contributed by atoms with van der Waals surface area (Å²) in [6, 6.07) is 5.55. The molecular weight excluding hydrogens is 226 g/mol. The van der Waals surface area contributed by atoms with Crippen LogP contribution in [0.2, 0.25) is 5.15 Å². The molecule has 0 aromatic carbocycles. The van der Waals surface area contributed by atoms with E-state index in [2.05, 4.69) is 15.8 Å². The molecule has 1 heterocycles. The Morgan fingerprint density at radius 2 is 2.21 bits per heavy atom. The van der Waals surface area contributed by atoms with Gasteiger partial charge in [0.1, 0.15) is 11.0 Å². The highest BCUT2D eigenvalue weighted by molar-refractivity contribution is 7.90. The summed E-state index contributed by atoms with van der Waals surface area (Å²) in [7, 11) is -0.688. The molecule has 1 N–H and O–H groups in total. The second-order valence-corrected chi connectivity index (χ2v) is 4.90. The van der Waals surface area contributed by atoms with Crippen molar-refractivity contribution in [3.8, 4) is 0 Å². The Kier molecular flexibility index (Phi) is 3.30. The first-order valence-corrected chi connectivity index (χ1v) is 5.48. The quantitative estimate of drug-likeness (QED) is 0.786. The molecule has 1 aromatic rings. The van der Waals surface area contributed by atoms with Gasteiger partial charge < -0.3 is 0 Å². The third-order valence-electron chi connectivity index (χ3n) is 1.38. The van der Waals surface area contributed by atoms with Crippen LogP contribution in [0.4, 0.5) is 5.82 Å². The van der Waals surface area contributed by atoms with E-state index in [0.717, 1.165) is 4.31 Å². The van der Waals surface area contributed by atoms with Crippen molar-refractivity contribution < 1.29 is 8.42 Å². The number of rotatable bonds is 3. The van der Waals surface area contributed by atoms with Gasteiger partial charge in [0.2, 0.25) is 0 Å². The summed E-state index contributed by atoms with van der Waals surface area (Å²) in [6.45, 7) is 0. The third-order valence-corrected chi connectivity index (χ3v) is 3.00. The molecule has 0 bridgehead atoms. The predicted molar refractivity (Wildman–Crippen MR) is 54.3 cm³/mol. The SMILES string of the molecule is CN(C)S(=O)(=O)Nc1cc[c]c(Cl)n1. The van der Waals surface area contributed by atoms with Crippen LogP contribution in [0.15, 0.2) is 12.1 Å². The lowest BCUT2D eigenvalue weighted by atomic mass is 10.5. The minimum absolute atomic E-state index is 0.115. The van der Waals surface area contributed by atoms with Gasteiger partial charge in [-0.1, -0.05) is 11.6 Å². The van der Waals surface area contributed by atoms with Crippen molar-refractivity contribution in [3.05, 3.63) is 23.4 Å². The van der Waals surface area contributed by atoms with E-state index in [4.69, 9.17) is 11.6 Å². The second-order valence-electron chi connectivity index (χ2n) is 2.66. The van der Waals surface area contributed by atoms with Crippen LogP contribution in [-0.2, 0) is 10.2 Å². The summed E-state index contributed by atoms with van der Waals surface area (Å²) < 4.78 is 25.9. The van der Waals surface area contributed by atoms with Crippen LogP contribution in [0.3, 0.4) is 0 Å². The first kappa shape index (κ1) is 11.2. The molecule has 0 aliphatic heterocycles. The number of nitrogens with one attached hydrogen (secondary N) is 1. The zero-order valence-corrected chi connectivity index (χ0v) is 9.22. The molecule has 1 rings (SSSR count). The van der Waals surface area contributed by atoms with Crippen LogP contribution >= 0.6 is 11.6 Å². The fraction of sp³-hybridized carbons (Fsp3) is 0.286. The number of pyridine rings is 1. The van der Waals surface area contributed by atoms with Gasteiger partial charge in [-0.25, -0.2) is 4.98 Å². The highest BCUT2D eigenvalue weighted by Gasteiger charge is 2.13. The molecule has 0 fully saturated rings. The Morgan fingerprint density at radius 1 is 1.57 bits per heavy atom. The number of hydrogen-bond donors (Lipinski definition) is 1. The number of halogens is 1. The van der Waals surface area contributed by atoms with E-state index in [1.54, 1.807) is 0 Å². The molecule has 0 aliphatic carbocycles. The van der Waals surface area contributed by atoms with Gasteiger partial charge in [-0.3, -0.25) is 4.72 Å². The van der Waals surface area contributed by atoms with Crippen molar-refractivity contribution in [2.75, 3.05) is 18.8 Å². The lowest BCUT2D eigenvalue weighted by Gasteiger charge is -2.12. The van der Waals surface area contributed by atoms with E-state index in [1.165, 1.54) is 26.2 Å². The van der Waals surface area contributed by atoms with Crippen LogP contribution < -0.4 is 4.72 Å². The normalized spacial score (nSPS) is 11.7. The van der Waals surface area contributed by atoms with Gasteiger partial charge in [0.15, 0.2) is 0 Å². The summed E-state index contributed by atoms with van der Waals surface area (Å²) in [5, 5.41) is 0.115. The molecule has 0 atom stereocenters. The molecule has 0 saturated carbocycles. The van der Waals surface area contributed by atoms with Crippen molar-refractivity contribution in [1.82, 2.24) is 9.29 Å². The maximum atomic E-state index is 11.3. The Hall–Kier alpha value is -0.850. The number of anilines is 1. The fourth-order valence-corrected chi connectivity index (χ4v) is 1.36. The topological polar surface area (TPSA) is 62.3 Å². The highest BCUT2D eigenvalue weighted by atomic mass is 35.5. The van der Waals surface area contributed by atoms with E-state index in [0.29, 0.717) is 0 Å². The molecule has 0 amide bonds. The summed E-state index contributed by atoms with van der Waals surface area (Å²) in [4.78, 5) is 3.73. The summed E-state index contributed by atoms with van der Waals surface area (Å²) in [6.07, 6.45) is 0. The van der Waals surface area contributed by atoms with Crippen LogP contribution in [0.1, 0.15) is 0 Å². The van der Waals surface area contributed by atoms with Crippen molar-refractivity contribution in [1.29, 1.82) is 0 Å². The Balaban J connectivity index is 2.90. The van der Waals surface area contributed by atoms with Crippen LogP contribution in [0, 0.1) is 6.07 Å². The Labute approximate surface area is 87.9 Å². The number of hydrogen-bond acceptors (Lipinski definition) is 3. The number of nitrogens with zero attached hydrogens (tertiary/aromatic N) is 2. The van der Waals surface area contributed by atoms with E-state index < -0.39 is 10.2 Å². The second kappa shape index (κ2) is 4.12. The van der Waals surface area contributed by atoms with Gasteiger partial charge in [0.05, 0.1) is 0 Å². The maximum Gasteiger partial charge on any atom is 0.302 e. The van der Waals surface area contributed by atoms with Gasteiger partial charge in [-0.05, 0) is 12.1 Å². The van der Waals surface area contributed by atoms with Gasteiger partial charge >= 0.3 is 10.2 Å². The average molecular weight is 235 g/mol. The lowest BCUT2D eigenvalue weighted by Crippen LogP contribution is -2.29. The molecule has 0 saturated heterocycles. The van der Waals surface area contributed by atoms with Crippen molar-refractivity contribution >= 4 is 27.6 Å². The molecule has 0 aliphatic rings. The summed E-state index contributed by atoms with van der Waals surface area (Å²) >= 11 is 5.54. The maximum absolute atomic E-state index is 11.3. The molecule has 5 nitrogen and oxygen atoms in total. The van der Waals surface area contributed by atoms with Crippen LogP contribution in [-0.4, -0.2) is 31.8 Å². The minimum Gasteiger partial charge on any atom is -0.254 e. The summed E-state index contributed by atoms with van der Waals surface area (Å²) in [5.41, 5.74) is 0. The number of aromatic nitrogens is 1. The fourth-order valence-electron chi connectivity index (χ4n) is 0.645.